The Bertz CT molecular complexity index is 533. The smallest absolute Gasteiger partial charge is 0.338 e. The van der Waals surface area contributed by atoms with Crippen LogP contribution in [0, 0.1) is 22.0 Å². The van der Waals surface area contributed by atoms with Gasteiger partial charge in [-0.1, -0.05) is 25.6 Å². The van der Waals surface area contributed by atoms with Crippen molar-refractivity contribution < 1.29 is 9.53 Å². The number of carbonyl (C=O) groups is 1. The van der Waals surface area contributed by atoms with Gasteiger partial charge in [0.05, 0.1) is 12.7 Å². The fraction of sp³-hybridized carbons (Fsp3) is 0.357. The molecule has 4 heteroatoms. The quantitative estimate of drug-likeness (QED) is 0.326. The fourth-order valence-electron chi connectivity index (χ4n) is 1.33. The van der Waals surface area contributed by atoms with Crippen LogP contribution in [-0.2, 0) is 4.74 Å². The molecule has 0 N–H and O–H groups in total. The highest BCUT2D eigenvalue weighted by molar-refractivity contribution is 14.1. The first-order valence-corrected chi connectivity index (χ1v) is 10.2. The van der Waals surface area contributed by atoms with E-state index in [1.165, 1.54) is 7.11 Å². The van der Waals surface area contributed by atoms with Gasteiger partial charge in [0, 0.05) is 9.13 Å². The van der Waals surface area contributed by atoms with E-state index in [0.29, 0.717) is 5.56 Å². The summed E-state index contributed by atoms with van der Waals surface area (Å²) in [6, 6.07) is 3.83. The van der Waals surface area contributed by atoms with E-state index in [4.69, 9.17) is 4.74 Å². The minimum atomic E-state index is -1.40. The average molecular weight is 372 g/mol. The predicted molar refractivity (Wildman–Crippen MR) is 85.5 cm³/mol. The van der Waals surface area contributed by atoms with Crippen LogP contribution in [0.4, 0.5) is 0 Å². The number of ether oxygens (including phenoxy) is 1. The van der Waals surface area contributed by atoms with Crippen LogP contribution >= 0.6 is 22.6 Å². The van der Waals surface area contributed by atoms with Gasteiger partial charge >= 0.3 is 5.97 Å². The summed E-state index contributed by atoms with van der Waals surface area (Å²) in [6.07, 6.45) is 0. The minimum Gasteiger partial charge on any atom is -0.465 e. The third kappa shape index (κ3) is 4.14. The molecule has 0 unspecified atom stereocenters. The number of carbonyl (C=O) groups excluding carboxylic acids is 1. The maximum Gasteiger partial charge on any atom is 0.338 e. The third-order valence-corrected chi connectivity index (χ3v) is 4.33. The molecule has 96 valence electrons. The maximum atomic E-state index is 11.7. The predicted octanol–water partition coefficient (Wildman–Crippen LogP) is 3.62. The molecule has 0 atom stereocenters. The largest absolute Gasteiger partial charge is 0.465 e. The lowest BCUT2D eigenvalue weighted by Gasteiger charge is -2.08. The molecular formula is C14H17IO2Si. The lowest BCUT2D eigenvalue weighted by Crippen LogP contribution is -2.16. The van der Waals surface area contributed by atoms with E-state index in [-0.39, 0.29) is 5.97 Å². The van der Waals surface area contributed by atoms with E-state index in [1.54, 1.807) is 0 Å². The van der Waals surface area contributed by atoms with E-state index >= 15 is 0 Å². The Hall–Kier alpha value is -0.803. The summed E-state index contributed by atoms with van der Waals surface area (Å²) in [6.45, 7) is 8.50. The van der Waals surface area contributed by atoms with Gasteiger partial charge in [-0.2, -0.15) is 0 Å². The normalized spacial score (nSPS) is 10.6. The van der Waals surface area contributed by atoms with E-state index in [9.17, 15) is 4.79 Å². The lowest BCUT2D eigenvalue weighted by molar-refractivity contribution is 0.0600. The Morgan fingerprint density at radius 2 is 1.94 bits per heavy atom. The molecule has 0 amide bonds. The van der Waals surface area contributed by atoms with Crippen molar-refractivity contribution in [3.63, 3.8) is 0 Å². The van der Waals surface area contributed by atoms with Crippen molar-refractivity contribution in [2.75, 3.05) is 7.11 Å². The second-order valence-corrected chi connectivity index (χ2v) is 11.0. The molecule has 0 radical (unpaired) electrons. The van der Waals surface area contributed by atoms with Gasteiger partial charge in [-0.3, -0.25) is 0 Å². The lowest BCUT2D eigenvalue weighted by atomic mass is 10.1. The molecule has 1 aromatic carbocycles. The zero-order valence-electron chi connectivity index (χ0n) is 11.3. The van der Waals surface area contributed by atoms with Crippen LogP contribution in [0.15, 0.2) is 12.1 Å². The van der Waals surface area contributed by atoms with Gasteiger partial charge in [-0.05, 0) is 47.2 Å². The molecule has 0 aromatic heterocycles. The number of halogens is 1. The zero-order chi connectivity index (χ0) is 13.9. The van der Waals surface area contributed by atoms with E-state index in [1.807, 2.05) is 19.1 Å². The Kier molecular flexibility index (Phi) is 4.99. The molecular weight excluding hydrogens is 355 g/mol. The van der Waals surface area contributed by atoms with Crippen LogP contribution in [0.3, 0.4) is 0 Å². The van der Waals surface area contributed by atoms with Gasteiger partial charge < -0.3 is 4.74 Å². The van der Waals surface area contributed by atoms with Crippen molar-refractivity contribution in [1.29, 1.82) is 0 Å². The Morgan fingerprint density at radius 3 is 2.44 bits per heavy atom. The van der Waals surface area contributed by atoms with Crippen LogP contribution < -0.4 is 0 Å². The Morgan fingerprint density at radius 1 is 1.33 bits per heavy atom. The monoisotopic (exact) mass is 372 g/mol. The SMILES string of the molecule is COC(=O)c1cc(C#C[Si](C)(C)C)cc(I)c1C. The van der Waals surface area contributed by atoms with Gasteiger partial charge in [0.25, 0.3) is 0 Å². The number of esters is 1. The summed E-state index contributed by atoms with van der Waals surface area (Å²) in [4.78, 5) is 11.7. The van der Waals surface area contributed by atoms with Crippen molar-refractivity contribution in [1.82, 2.24) is 0 Å². The molecule has 0 saturated heterocycles. The topological polar surface area (TPSA) is 26.3 Å². The summed E-state index contributed by atoms with van der Waals surface area (Å²) < 4.78 is 5.83. The molecule has 0 fully saturated rings. The molecule has 0 aliphatic heterocycles. The Labute approximate surface area is 123 Å². The van der Waals surface area contributed by atoms with Gasteiger partial charge in [0.15, 0.2) is 0 Å². The summed E-state index contributed by atoms with van der Waals surface area (Å²) in [5.74, 6) is 2.87. The fourth-order valence-corrected chi connectivity index (χ4v) is 2.48. The molecule has 0 bridgehead atoms. The highest BCUT2D eigenvalue weighted by atomic mass is 127. The number of benzene rings is 1. The average Bonchev–Trinajstić information content (AvgIpc) is 2.28. The highest BCUT2D eigenvalue weighted by Crippen LogP contribution is 2.19. The van der Waals surface area contributed by atoms with Gasteiger partial charge in [0.1, 0.15) is 8.07 Å². The summed E-state index contributed by atoms with van der Waals surface area (Å²) in [5, 5.41) is 0. The summed E-state index contributed by atoms with van der Waals surface area (Å²) >= 11 is 2.22. The number of methoxy groups -OCH3 is 1. The van der Waals surface area contributed by atoms with Crippen molar-refractivity contribution in [2.45, 2.75) is 26.6 Å². The minimum absolute atomic E-state index is 0.304. The van der Waals surface area contributed by atoms with Crippen LogP contribution in [0.1, 0.15) is 21.5 Å². The first-order valence-electron chi connectivity index (χ1n) is 5.66. The van der Waals surface area contributed by atoms with Gasteiger partial charge in [0.2, 0.25) is 0 Å². The molecule has 2 nitrogen and oxygen atoms in total. The molecule has 0 spiro atoms. The zero-order valence-corrected chi connectivity index (χ0v) is 14.5. The second kappa shape index (κ2) is 5.89. The number of hydrogen-bond acceptors (Lipinski definition) is 2. The van der Waals surface area contributed by atoms with Gasteiger partial charge in [-0.25, -0.2) is 4.79 Å². The first kappa shape index (κ1) is 15.3. The number of rotatable bonds is 1. The molecule has 1 aromatic rings. The highest BCUT2D eigenvalue weighted by Gasteiger charge is 2.13. The van der Waals surface area contributed by atoms with E-state index < -0.39 is 8.07 Å². The third-order valence-electron chi connectivity index (χ3n) is 2.33. The molecule has 0 saturated carbocycles. The Balaban J connectivity index is 3.28. The van der Waals surface area contributed by atoms with E-state index in [2.05, 4.69) is 53.7 Å². The number of hydrogen-bond donors (Lipinski definition) is 0. The van der Waals surface area contributed by atoms with Gasteiger partial charge in [-0.15, -0.1) is 5.54 Å². The molecule has 1 rings (SSSR count). The van der Waals surface area contributed by atoms with Crippen LogP contribution in [0.5, 0.6) is 0 Å². The van der Waals surface area contributed by atoms with Crippen LogP contribution in [0.2, 0.25) is 19.6 Å². The van der Waals surface area contributed by atoms with E-state index in [0.717, 1.165) is 14.7 Å². The summed E-state index contributed by atoms with van der Waals surface area (Å²) in [5.41, 5.74) is 5.73. The van der Waals surface area contributed by atoms with Crippen molar-refractivity contribution in [2.24, 2.45) is 0 Å². The maximum absolute atomic E-state index is 11.7. The molecule has 0 aliphatic rings. The van der Waals surface area contributed by atoms with Crippen LogP contribution in [0.25, 0.3) is 0 Å². The standard InChI is InChI=1S/C14H17IO2Si/c1-10-12(14(16)17-2)8-11(9-13(10)15)6-7-18(3,4)5/h8-9H,1-5H3. The first-order chi connectivity index (χ1) is 8.24. The van der Waals surface area contributed by atoms with Crippen molar-refractivity contribution >= 4 is 36.6 Å². The van der Waals surface area contributed by atoms with Crippen molar-refractivity contribution in [3.05, 3.63) is 32.4 Å². The molecule has 0 aliphatic carbocycles. The molecule has 18 heavy (non-hydrogen) atoms. The van der Waals surface area contributed by atoms with Crippen molar-refractivity contribution in [3.8, 4) is 11.5 Å². The second-order valence-electron chi connectivity index (χ2n) is 5.12. The van der Waals surface area contributed by atoms with Crippen LogP contribution in [-0.4, -0.2) is 21.2 Å². The molecule has 0 heterocycles. The summed E-state index contributed by atoms with van der Waals surface area (Å²) in [7, 11) is -0.00573.